The van der Waals surface area contributed by atoms with Gasteiger partial charge in [0, 0.05) is 21.6 Å². The zero-order valence-electron chi connectivity index (χ0n) is 31.0. The number of hydrogen-bond acceptors (Lipinski definition) is 9. The molecular weight excluding hydrogens is 880 g/mol. The first-order valence-corrected chi connectivity index (χ1v) is 19.7. The van der Waals surface area contributed by atoms with Gasteiger partial charge in [0.1, 0.15) is 0 Å². The number of fused-ring (bicyclic) bond motifs is 4. The summed E-state index contributed by atoms with van der Waals surface area (Å²) >= 11 is 16.0. The van der Waals surface area contributed by atoms with Gasteiger partial charge in [0.15, 0.2) is 17.3 Å². The Bertz CT molecular complexity index is 2460. The number of amides is 4. The van der Waals surface area contributed by atoms with Crippen LogP contribution in [-0.2, 0) is 30.8 Å². The van der Waals surface area contributed by atoms with E-state index in [0.29, 0.717) is 39.7 Å². The van der Waals surface area contributed by atoms with Crippen LogP contribution < -0.4 is 19.8 Å². The van der Waals surface area contributed by atoms with Gasteiger partial charge in [0.25, 0.3) is 11.8 Å². The van der Waals surface area contributed by atoms with Crippen LogP contribution in [0.25, 0.3) is 6.08 Å². The van der Waals surface area contributed by atoms with Gasteiger partial charge in [-0.15, -0.1) is 0 Å². The molecule has 2 saturated heterocycles. The van der Waals surface area contributed by atoms with Crippen LogP contribution in [-0.4, -0.2) is 52.9 Å². The predicted octanol–water partition coefficient (Wildman–Crippen LogP) is 8.63. The number of methoxy groups -OCH3 is 2. The minimum atomic E-state index is -4.76. The average Bonchev–Trinajstić information content (AvgIpc) is 3.59. The molecule has 1 saturated carbocycles. The second-order valence-corrected chi connectivity index (χ2v) is 16.3. The average molecular weight is 913 g/mol. The van der Waals surface area contributed by atoms with Gasteiger partial charge in [-0.25, -0.2) is 4.98 Å². The Balaban J connectivity index is 1.30. The number of aromatic nitrogens is 1. The highest BCUT2D eigenvalue weighted by Crippen LogP contribution is 2.62. The number of rotatable bonds is 8. The number of phenolic OH excluding ortho intramolecular Hbond substituents is 1. The number of ether oxygens (including phenoxy) is 2. The van der Waals surface area contributed by atoms with Gasteiger partial charge in [-0.1, -0.05) is 75.1 Å². The largest absolute Gasteiger partial charge is 0.502 e. The molecule has 59 heavy (non-hydrogen) atoms. The first-order valence-electron chi connectivity index (χ1n) is 18.2. The number of nitrogens with zero attached hydrogens (tertiary/aromatic N) is 3. The molecule has 4 amide bonds. The van der Waals surface area contributed by atoms with E-state index in [2.05, 4.69) is 26.3 Å². The number of hydrazine groups is 1. The molecule has 17 heteroatoms. The number of imide groups is 2. The van der Waals surface area contributed by atoms with Gasteiger partial charge >= 0.3 is 6.18 Å². The monoisotopic (exact) mass is 910 g/mol. The molecular formula is C42H32BrCl2F3N4O7. The van der Waals surface area contributed by atoms with Gasteiger partial charge in [0.2, 0.25) is 17.6 Å². The molecule has 3 fully saturated rings. The normalized spacial score (nSPS) is 25.2. The van der Waals surface area contributed by atoms with E-state index in [9.17, 15) is 32.7 Å². The standard InChI is InChI=1S/C42H32BrCl2F3N4O7/c1-58-32-15-20(16-33(59-2)35(32)53)3-14-29-26-12-13-27-34(39(56)51(37(27)54)25-10-6-23(43)7-11-25)28(26)18-30-38(55)52(40(57)41(29,30)21-4-8-24(44)9-5-21)50-36-31(45)17-22(19-49-36)42(46,47)48/h3-12,14-17,19,27-30,34,53H,13,18H2,1-2H3,(H,49,50). The molecule has 4 aromatic rings. The number of carbonyl (C=O) groups is 4. The summed E-state index contributed by atoms with van der Waals surface area (Å²) in [5.74, 6) is -7.29. The molecule has 2 aliphatic heterocycles. The first-order chi connectivity index (χ1) is 28.1. The number of benzene rings is 3. The van der Waals surface area contributed by atoms with Crippen molar-refractivity contribution in [3.8, 4) is 17.2 Å². The maximum absolute atomic E-state index is 15.3. The number of pyridine rings is 1. The summed E-state index contributed by atoms with van der Waals surface area (Å²) in [6.45, 7) is 0. The maximum atomic E-state index is 15.3. The summed E-state index contributed by atoms with van der Waals surface area (Å²) in [5.41, 5.74) is 1.65. The van der Waals surface area contributed by atoms with Crippen molar-refractivity contribution >= 4 is 80.3 Å². The van der Waals surface area contributed by atoms with Gasteiger partial charge in [0.05, 0.1) is 53.7 Å². The summed E-state index contributed by atoms with van der Waals surface area (Å²) in [7, 11) is 2.74. The SMILES string of the molecule is COc1cc(C=CC2C3=CCC4C(=O)N(c5ccc(Br)cc5)C(=O)C4C3CC3C(=O)N(Nc4ncc(C(F)(F)F)cc4Cl)C(=O)C23c2ccc(Cl)cc2)cc(OC)c1O. The minimum Gasteiger partial charge on any atom is -0.502 e. The van der Waals surface area contributed by atoms with Crippen LogP contribution >= 0.6 is 39.1 Å². The number of halogens is 6. The third kappa shape index (κ3) is 6.54. The zero-order chi connectivity index (χ0) is 42.1. The fraction of sp³-hybridized carbons (Fsp3) is 0.262. The third-order valence-electron chi connectivity index (χ3n) is 11.7. The van der Waals surface area contributed by atoms with Crippen molar-refractivity contribution in [3.63, 3.8) is 0 Å². The van der Waals surface area contributed by atoms with Crippen LogP contribution in [0, 0.1) is 29.6 Å². The maximum Gasteiger partial charge on any atom is 0.417 e. The zero-order valence-corrected chi connectivity index (χ0v) is 34.1. The highest BCUT2D eigenvalue weighted by Gasteiger charge is 2.69. The van der Waals surface area contributed by atoms with Crippen LogP contribution in [0.5, 0.6) is 17.2 Å². The molecule has 0 radical (unpaired) electrons. The lowest BCUT2D eigenvalue weighted by atomic mass is 9.50. The second-order valence-electron chi connectivity index (χ2n) is 14.6. The van der Waals surface area contributed by atoms with Gasteiger partial charge in [-0.2, -0.15) is 18.2 Å². The fourth-order valence-corrected chi connectivity index (χ4v) is 9.69. The van der Waals surface area contributed by atoms with Gasteiger partial charge in [-0.3, -0.25) is 29.5 Å². The van der Waals surface area contributed by atoms with Crippen LogP contribution in [0.2, 0.25) is 10.0 Å². The number of phenols is 1. The first kappa shape index (κ1) is 40.4. The van der Waals surface area contributed by atoms with Gasteiger partial charge < -0.3 is 14.6 Å². The van der Waals surface area contributed by atoms with Crippen molar-refractivity contribution < 1.29 is 46.9 Å². The molecule has 0 spiro atoms. The molecule has 3 aromatic carbocycles. The smallest absolute Gasteiger partial charge is 0.417 e. The highest BCUT2D eigenvalue weighted by molar-refractivity contribution is 9.10. The summed E-state index contributed by atoms with van der Waals surface area (Å²) in [4.78, 5) is 63.8. The molecule has 6 unspecified atom stereocenters. The van der Waals surface area contributed by atoms with Crippen molar-refractivity contribution in [3.05, 3.63) is 122 Å². The van der Waals surface area contributed by atoms with E-state index in [1.165, 1.54) is 19.1 Å². The Hall–Kier alpha value is -5.38. The van der Waals surface area contributed by atoms with E-state index < -0.39 is 69.5 Å². The lowest BCUT2D eigenvalue weighted by Crippen LogP contribution is -2.54. The number of hydrogen-bond donors (Lipinski definition) is 2. The Morgan fingerprint density at radius 2 is 1.59 bits per heavy atom. The Morgan fingerprint density at radius 1 is 0.932 bits per heavy atom. The van der Waals surface area contributed by atoms with Crippen LogP contribution in [0.1, 0.15) is 29.5 Å². The molecule has 4 aliphatic rings. The Labute approximate surface area is 353 Å². The predicted molar refractivity (Wildman–Crippen MR) is 215 cm³/mol. The van der Waals surface area contributed by atoms with Crippen molar-refractivity contribution in [1.29, 1.82) is 0 Å². The van der Waals surface area contributed by atoms with Crippen molar-refractivity contribution in [2.24, 2.45) is 29.6 Å². The number of allylic oxidation sites excluding steroid dienone is 3. The molecule has 0 bridgehead atoms. The topological polar surface area (TPSA) is 138 Å². The molecule has 1 aromatic heterocycles. The summed E-state index contributed by atoms with van der Waals surface area (Å²) in [6, 6.07) is 16.9. The lowest BCUT2D eigenvalue weighted by Gasteiger charge is -2.49. The molecule has 2 aliphatic carbocycles. The molecule has 3 heterocycles. The summed E-state index contributed by atoms with van der Waals surface area (Å²) in [5, 5.41) is 11.2. The number of alkyl halides is 3. The van der Waals surface area contributed by atoms with Crippen molar-refractivity contribution in [2.75, 3.05) is 24.5 Å². The number of nitrogens with one attached hydrogen (secondary N) is 1. The fourth-order valence-electron chi connectivity index (χ4n) is 9.09. The Kier molecular flexibility index (Phi) is 10.3. The summed E-state index contributed by atoms with van der Waals surface area (Å²) in [6.07, 6.45) is 1.16. The summed E-state index contributed by atoms with van der Waals surface area (Å²) < 4.78 is 52.1. The van der Waals surface area contributed by atoms with E-state index in [4.69, 9.17) is 32.7 Å². The molecule has 11 nitrogen and oxygen atoms in total. The molecule has 2 N–H and O–H groups in total. The quantitative estimate of drug-likeness (QED) is 0.132. The minimum absolute atomic E-state index is 0.0506. The van der Waals surface area contributed by atoms with Crippen LogP contribution in [0.4, 0.5) is 24.7 Å². The van der Waals surface area contributed by atoms with Crippen LogP contribution in [0.15, 0.2) is 95.1 Å². The van der Waals surface area contributed by atoms with E-state index in [1.54, 1.807) is 72.8 Å². The van der Waals surface area contributed by atoms with E-state index >= 15 is 4.79 Å². The number of carbonyl (C=O) groups excluding carboxylic acids is 4. The molecule has 6 atom stereocenters. The van der Waals surface area contributed by atoms with E-state index in [1.807, 2.05) is 6.08 Å². The highest BCUT2D eigenvalue weighted by atomic mass is 79.9. The number of anilines is 2. The lowest BCUT2D eigenvalue weighted by molar-refractivity contribution is -0.139. The molecule has 304 valence electrons. The van der Waals surface area contributed by atoms with Gasteiger partial charge in [-0.05, 0) is 84.5 Å². The van der Waals surface area contributed by atoms with Crippen molar-refractivity contribution in [1.82, 2.24) is 9.99 Å². The van der Waals surface area contributed by atoms with E-state index in [0.717, 1.165) is 9.48 Å². The second kappa shape index (κ2) is 15.0. The molecule has 8 rings (SSSR count). The Morgan fingerprint density at radius 3 is 2.20 bits per heavy atom. The third-order valence-corrected chi connectivity index (χ3v) is 12.8. The number of aromatic hydroxyl groups is 1. The van der Waals surface area contributed by atoms with E-state index in [-0.39, 0.29) is 41.8 Å². The van der Waals surface area contributed by atoms with Crippen LogP contribution in [0.3, 0.4) is 0 Å². The van der Waals surface area contributed by atoms with Crippen molar-refractivity contribution in [2.45, 2.75) is 24.4 Å².